The lowest BCUT2D eigenvalue weighted by Gasteiger charge is -2.15. The Morgan fingerprint density at radius 2 is 1.41 bits per heavy atom. The van der Waals surface area contributed by atoms with Crippen LogP contribution in [0.25, 0.3) is 0 Å². The van der Waals surface area contributed by atoms with Gasteiger partial charge >= 0.3 is 0 Å². The smallest absolute Gasteiger partial charge is 0.261 e. The molecule has 0 radical (unpaired) electrons. The molecule has 172 valence electrons. The van der Waals surface area contributed by atoms with E-state index in [4.69, 9.17) is 4.74 Å². The van der Waals surface area contributed by atoms with Gasteiger partial charge in [-0.2, -0.15) is 0 Å². The minimum absolute atomic E-state index is 0.177. The molecule has 0 saturated heterocycles. The zero-order valence-corrected chi connectivity index (χ0v) is 19.7. The number of fused-ring (bicyclic) bond motifs is 1. The number of carbonyl (C=O) groups is 2. The van der Waals surface area contributed by atoms with Crippen LogP contribution in [-0.2, 0) is 12.8 Å². The second-order valence-corrected chi connectivity index (χ2v) is 8.72. The van der Waals surface area contributed by atoms with Crippen molar-refractivity contribution in [1.29, 1.82) is 0 Å². The zero-order chi connectivity index (χ0) is 22.8. The number of benzene rings is 2. The van der Waals surface area contributed by atoms with E-state index in [9.17, 15) is 9.59 Å². The zero-order valence-electron chi connectivity index (χ0n) is 19.7. The van der Waals surface area contributed by atoms with E-state index in [1.54, 1.807) is 24.3 Å². The summed E-state index contributed by atoms with van der Waals surface area (Å²) in [7, 11) is 0. The maximum absolute atomic E-state index is 12.5. The number of rotatable bonds is 14. The number of hydrogen-bond acceptors (Lipinski definition) is 3. The predicted molar refractivity (Wildman–Crippen MR) is 129 cm³/mol. The quantitative estimate of drug-likeness (QED) is 0.248. The van der Waals surface area contributed by atoms with E-state index in [-0.39, 0.29) is 11.8 Å². The monoisotopic (exact) mass is 435 g/mol. The molecule has 0 aliphatic carbocycles. The molecule has 4 heteroatoms. The van der Waals surface area contributed by atoms with Crippen LogP contribution in [0.2, 0.25) is 0 Å². The fourth-order valence-corrected chi connectivity index (χ4v) is 4.27. The topological polar surface area (TPSA) is 46.6 Å². The van der Waals surface area contributed by atoms with Crippen molar-refractivity contribution < 1.29 is 14.3 Å². The summed E-state index contributed by atoms with van der Waals surface area (Å²) in [4.78, 5) is 26.3. The minimum Gasteiger partial charge on any atom is -0.493 e. The Hall–Kier alpha value is -2.62. The standard InChI is InChI=1S/C28H37NO3/c1-3-5-7-13-22-17-18-26(23(21-22)14-8-6-4-2)32-20-12-11-19-29-27(30)24-15-9-10-16-25(24)28(29)31/h9-10,15-18,21H,3-8,11-14,19-20H2,1-2H3. The van der Waals surface area contributed by atoms with Crippen LogP contribution in [0.1, 0.15) is 97.1 Å². The molecule has 4 nitrogen and oxygen atoms in total. The molecule has 0 N–H and O–H groups in total. The number of imide groups is 1. The molecule has 2 aromatic carbocycles. The van der Waals surface area contributed by atoms with E-state index in [0.717, 1.165) is 31.4 Å². The van der Waals surface area contributed by atoms with Crippen LogP contribution in [-0.4, -0.2) is 29.9 Å². The van der Waals surface area contributed by atoms with Gasteiger partial charge in [0.25, 0.3) is 11.8 Å². The third-order valence-electron chi connectivity index (χ3n) is 6.16. The number of unbranched alkanes of at least 4 members (excludes halogenated alkanes) is 5. The molecule has 3 rings (SSSR count). The van der Waals surface area contributed by atoms with Crippen LogP contribution in [0, 0.1) is 0 Å². The Labute approximate surface area is 193 Å². The molecule has 0 bridgehead atoms. The summed E-state index contributed by atoms with van der Waals surface area (Å²) >= 11 is 0. The average molecular weight is 436 g/mol. The molecule has 0 saturated carbocycles. The average Bonchev–Trinajstić information content (AvgIpc) is 3.05. The minimum atomic E-state index is -0.177. The van der Waals surface area contributed by atoms with Crippen molar-refractivity contribution in [3.8, 4) is 5.75 Å². The highest BCUT2D eigenvalue weighted by Gasteiger charge is 2.34. The number of amides is 2. The van der Waals surface area contributed by atoms with Gasteiger partial charge in [0.1, 0.15) is 5.75 Å². The van der Waals surface area contributed by atoms with E-state index >= 15 is 0 Å². The van der Waals surface area contributed by atoms with Crippen LogP contribution in [0.3, 0.4) is 0 Å². The molecule has 0 unspecified atom stereocenters. The van der Waals surface area contributed by atoms with Gasteiger partial charge in [-0.05, 0) is 67.9 Å². The molecule has 0 spiro atoms. The van der Waals surface area contributed by atoms with Crippen molar-refractivity contribution in [3.63, 3.8) is 0 Å². The molecule has 0 fully saturated rings. The maximum atomic E-state index is 12.5. The van der Waals surface area contributed by atoms with Gasteiger partial charge in [-0.25, -0.2) is 0 Å². The Bertz CT molecular complexity index is 870. The normalized spacial score (nSPS) is 13.0. The largest absolute Gasteiger partial charge is 0.493 e. The lowest BCUT2D eigenvalue weighted by Crippen LogP contribution is -2.30. The molecule has 1 heterocycles. The number of carbonyl (C=O) groups excluding carboxylic acids is 2. The van der Waals surface area contributed by atoms with Crippen LogP contribution < -0.4 is 4.74 Å². The van der Waals surface area contributed by atoms with Crippen molar-refractivity contribution in [2.45, 2.75) is 78.1 Å². The first kappa shape index (κ1) is 24.0. The van der Waals surface area contributed by atoms with Crippen molar-refractivity contribution in [1.82, 2.24) is 4.90 Å². The van der Waals surface area contributed by atoms with Crippen molar-refractivity contribution >= 4 is 11.8 Å². The lowest BCUT2D eigenvalue weighted by atomic mass is 10.00. The van der Waals surface area contributed by atoms with Gasteiger partial charge in [-0.1, -0.05) is 63.8 Å². The highest BCUT2D eigenvalue weighted by molar-refractivity contribution is 6.21. The van der Waals surface area contributed by atoms with Crippen LogP contribution in [0.5, 0.6) is 5.75 Å². The van der Waals surface area contributed by atoms with E-state index < -0.39 is 0 Å². The van der Waals surface area contributed by atoms with E-state index in [1.165, 1.54) is 54.6 Å². The number of aryl methyl sites for hydroxylation is 2. The summed E-state index contributed by atoms with van der Waals surface area (Å²) < 4.78 is 6.14. The summed E-state index contributed by atoms with van der Waals surface area (Å²) in [6, 6.07) is 13.7. The van der Waals surface area contributed by atoms with Crippen LogP contribution >= 0.6 is 0 Å². The van der Waals surface area contributed by atoms with Gasteiger partial charge in [0.2, 0.25) is 0 Å². The van der Waals surface area contributed by atoms with Crippen LogP contribution in [0.4, 0.5) is 0 Å². The molecule has 2 aromatic rings. The summed E-state index contributed by atoms with van der Waals surface area (Å²) in [5.74, 6) is 0.632. The second-order valence-electron chi connectivity index (χ2n) is 8.72. The van der Waals surface area contributed by atoms with Gasteiger partial charge in [-0.3, -0.25) is 14.5 Å². The maximum Gasteiger partial charge on any atom is 0.261 e. The third kappa shape index (κ3) is 6.21. The Morgan fingerprint density at radius 3 is 2.06 bits per heavy atom. The van der Waals surface area contributed by atoms with E-state index in [0.29, 0.717) is 24.3 Å². The van der Waals surface area contributed by atoms with Gasteiger partial charge in [-0.15, -0.1) is 0 Å². The Balaban J connectivity index is 1.49. The van der Waals surface area contributed by atoms with Crippen molar-refractivity contribution in [2.75, 3.05) is 13.2 Å². The molecule has 0 atom stereocenters. The van der Waals surface area contributed by atoms with Crippen molar-refractivity contribution in [2.24, 2.45) is 0 Å². The lowest BCUT2D eigenvalue weighted by molar-refractivity contribution is 0.0649. The molecule has 1 aliphatic heterocycles. The fourth-order valence-electron chi connectivity index (χ4n) is 4.27. The molecule has 32 heavy (non-hydrogen) atoms. The van der Waals surface area contributed by atoms with Gasteiger partial charge in [0.15, 0.2) is 0 Å². The molecular formula is C28H37NO3. The van der Waals surface area contributed by atoms with Gasteiger partial charge < -0.3 is 4.74 Å². The van der Waals surface area contributed by atoms with Gasteiger partial charge in [0, 0.05) is 6.54 Å². The molecular weight excluding hydrogens is 398 g/mol. The highest BCUT2D eigenvalue weighted by atomic mass is 16.5. The van der Waals surface area contributed by atoms with E-state index in [2.05, 4.69) is 32.0 Å². The Morgan fingerprint density at radius 1 is 0.750 bits per heavy atom. The predicted octanol–water partition coefficient (Wildman–Crippen LogP) is 6.61. The number of hydrogen-bond donors (Lipinski definition) is 0. The summed E-state index contributed by atoms with van der Waals surface area (Å²) in [5.41, 5.74) is 3.75. The summed E-state index contributed by atoms with van der Waals surface area (Å²) in [5, 5.41) is 0. The first-order valence-corrected chi connectivity index (χ1v) is 12.4. The number of ether oxygens (including phenoxy) is 1. The fraction of sp³-hybridized carbons (Fsp3) is 0.500. The van der Waals surface area contributed by atoms with Crippen LogP contribution in [0.15, 0.2) is 42.5 Å². The summed E-state index contributed by atoms with van der Waals surface area (Å²) in [6.45, 7) is 5.50. The second kappa shape index (κ2) is 12.4. The first-order valence-electron chi connectivity index (χ1n) is 12.4. The molecule has 0 aromatic heterocycles. The SMILES string of the molecule is CCCCCc1ccc(OCCCCN2C(=O)c3ccccc3C2=O)c(CCCCC)c1. The summed E-state index contributed by atoms with van der Waals surface area (Å²) in [6.07, 6.45) is 11.1. The third-order valence-corrected chi connectivity index (χ3v) is 6.16. The van der Waals surface area contributed by atoms with Crippen molar-refractivity contribution in [3.05, 3.63) is 64.7 Å². The highest BCUT2D eigenvalue weighted by Crippen LogP contribution is 2.25. The van der Waals surface area contributed by atoms with Gasteiger partial charge in [0.05, 0.1) is 17.7 Å². The first-order chi connectivity index (χ1) is 15.7. The molecule has 2 amide bonds. The molecule has 1 aliphatic rings. The van der Waals surface area contributed by atoms with E-state index in [1.807, 2.05) is 0 Å². The number of nitrogens with zero attached hydrogens (tertiary/aromatic N) is 1. The Kier molecular flexibility index (Phi) is 9.33.